The molecule has 4 rings (SSSR count). The second kappa shape index (κ2) is 7.59. The third-order valence-electron chi connectivity index (χ3n) is 4.34. The SMILES string of the molecule is Cc1cc(C(=O)N2CCN(c3ncccn3)CC2)nc(Nc2cc(C)on2)n1. The number of aryl methyl sites for hydroxylation is 2. The van der Waals surface area contributed by atoms with E-state index in [2.05, 4.69) is 35.3 Å². The van der Waals surface area contributed by atoms with Crippen LogP contribution in [0, 0.1) is 13.8 Å². The van der Waals surface area contributed by atoms with E-state index in [4.69, 9.17) is 4.52 Å². The first-order valence-electron chi connectivity index (χ1n) is 8.96. The van der Waals surface area contributed by atoms with Crippen LogP contribution < -0.4 is 10.2 Å². The molecule has 28 heavy (non-hydrogen) atoms. The largest absolute Gasteiger partial charge is 0.360 e. The molecule has 0 aromatic carbocycles. The number of carbonyl (C=O) groups excluding carboxylic acids is 1. The molecule has 0 saturated carbocycles. The Morgan fingerprint density at radius 2 is 1.82 bits per heavy atom. The number of piperazine rings is 1. The molecule has 144 valence electrons. The highest BCUT2D eigenvalue weighted by atomic mass is 16.5. The van der Waals surface area contributed by atoms with Crippen LogP contribution in [0.1, 0.15) is 21.9 Å². The molecule has 1 amide bonds. The van der Waals surface area contributed by atoms with E-state index in [0.29, 0.717) is 61.0 Å². The molecule has 0 aliphatic carbocycles. The number of aromatic nitrogens is 5. The van der Waals surface area contributed by atoms with Crippen molar-refractivity contribution in [1.29, 1.82) is 0 Å². The summed E-state index contributed by atoms with van der Waals surface area (Å²) in [6.07, 6.45) is 3.43. The van der Waals surface area contributed by atoms with Gasteiger partial charge in [-0.25, -0.2) is 19.9 Å². The Morgan fingerprint density at radius 3 is 2.50 bits per heavy atom. The lowest BCUT2D eigenvalue weighted by molar-refractivity contribution is 0.0740. The van der Waals surface area contributed by atoms with Crippen LogP contribution >= 0.6 is 0 Å². The van der Waals surface area contributed by atoms with E-state index >= 15 is 0 Å². The topological polar surface area (TPSA) is 113 Å². The fraction of sp³-hybridized carbons (Fsp3) is 0.333. The number of nitrogens with one attached hydrogen (secondary N) is 1. The van der Waals surface area contributed by atoms with Crippen molar-refractivity contribution in [2.75, 3.05) is 36.4 Å². The van der Waals surface area contributed by atoms with Crippen LogP contribution in [0.3, 0.4) is 0 Å². The van der Waals surface area contributed by atoms with Crippen LogP contribution in [0.4, 0.5) is 17.7 Å². The van der Waals surface area contributed by atoms with Gasteiger partial charge in [-0.1, -0.05) is 5.16 Å². The quantitative estimate of drug-likeness (QED) is 0.720. The highest BCUT2D eigenvalue weighted by Crippen LogP contribution is 2.16. The van der Waals surface area contributed by atoms with E-state index in [-0.39, 0.29) is 5.91 Å². The molecule has 1 saturated heterocycles. The van der Waals surface area contributed by atoms with Crippen molar-refractivity contribution in [1.82, 2.24) is 30.0 Å². The molecule has 0 radical (unpaired) electrons. The first-order valence-corrected chi connectivity index (χ1v) is 8.96. The van der Waals surface area contributed by atoms with Crippen molar-refractivity contribution < 1.29 is 9.32 Å². The number of nitrogens with zero attached hydrogens (tertiary/aromatic N) is 7. The van der Waals surface area contributed by atoms with Gasteiger partial charge in [-0.05, 0) is 26.0 Å². The molecule has 1 aliphatic heterocycles. The molecule has 0 atom stereocenters. The fourth-order valence-electron chi connectivity index (χ4n) is 3.00. The number of hydrogen-bond donors (Lipinski definition) is 1. The maximum Gasteiger partial charge on any atom is 0.272 e. The lowest BCUT2D eigenvalue weighted by atomic mass is 10.2. The van der Waals surface area contributed by atoms with Gasteiger partial charge in [0, 0.05) is 50.3 Å². The molecule has 4 heterocycles. The third-order valence-corrected chi connectivity index (χ3v) is 4.34. The zero-order valence-electron chi connectivity index (χ0n) is 15.7. The lowest BCUT2D eigenvalue weighted by Gasteiger charge is -2.34. The van der Waals surface area contributed by atoms with Gasteiger partial charge in [0.1, 0.15) is 11.5 Å². The van der Waals surface area contributed by atoms with Gasteiger partial charge < -0.3 is 19.6 Å². The molecule has 3 aromatic rings. The van der Waals surface area contributed by atoms with E-state index in [0.717, 1.165) is 0 Å². The maximum atomic E-state index is 12.9. The fourth-order valence-corrected chi connectivity index (χ4v) is 3.00. The zero-order valence-corrected chi connectivity index (χ0v) is 15.7. The maximum absolute atomic E-state index is 12.9. The van der Waals surface area contributed by atoms with Gasteiger partial charge in [-0.3, -0.25) is 4.79 Å². The Kier molecular flexibility index (Phi) is 4.83. The normalized spacial score (nSPS) is 14.2. The second-order valence-electron chi connectivity index (χ2n) is 6.49. The van der Waals surface area contributed by atoms with Crippen molar-refractivity contribution in [3.63, 3.8) is 0 Å². The summed E-state index contributed by atoms with van der Waals surface area (Å²) in [5, 5.41) is 6.83. The number of amides is 1. The molecule has 3 aromatic heterocycles. The van der Waals surface area contributed by atoms with Crippen molar-refractivity contribution in [3.8, 4) is 0 Å². The summed E-state index contributed by atoms with van der Waals surface area (Å²) in [7, 11) is 0. The Labute approximate surface area is 161 Å². The van der Waals surface area contributed by atoms with E-state index in [1.807, 2.05) is 6.92 Å². The summed E-state index contributed by atoms with van der Waals surface area (Å²) in [6.45, 7) is 6.11. The van der Waals surface area contributed by atoms with Crippen molar-refractivity contribution >= 4 is 23.6 Å². The van der Waals surface area contributed by atoms with Crippen LogP contribution in [0.25, 0.3) is 0 Å². The predicted molar refractivity (Wildman–Crippen MR) is 101 cm³/mol. The van der Waals surface area contributed by atoms with E-state index in [1.165, 1.54) is 0 Å². The standard InChI is InChI=1S/C18H20N8O2/c1-12-10-14(22-17(21-12)23-15-11-13(2)28-24-15)16(27)25-6-8-26(9-7-25)18-19-4-3-5-20-18/h3-5,10-11H,6-9H2,1-2H3,(H,21,22,23,24). The van der Waals surface area contributed by atoms with Crippen LogP contribution in [-0.4, -0.2) is 62.1 Å². The van der Waals surface area contributed by atoms with Gasteiger partial charge in [0.05, 0.1) is 0 Å². The van der Waals surface area contributed by atoms with Gasteiger partial charge in [-0.15, -0.1) is 0 Å². The monoisotopic (exact) mass is 380 g/mol. The van der Waals surface area contributed by atoms with Crippen LogP contribution in [0.5, 0.6) is 0 Å². The molecule has 0 bridgehead atoms. The number of hydrogen-bond acceptors (Lipinski definition) is 9. The van der Waals surface area contributed by atoms with Crippen LogP contribution in [-0.2, 0) is 0 Å². The number of carbonyl (C=O) groups is 1. The van der Waals surface area contributed by atoms with Crippen LogP contribution in [0.2, 0.25) is 0 Å². The average molecular weight is 380 g/mol. The second-order valence-corrected chi connectivity index (χ2v) is 6.49. The van der Waals surface area contributed by atoms with Gasteiger partial charge in [-0.2, -0.15) is 0 Å². The summed E-state index contributed by atoms with van der Waals surface area (Å²) in [5.74, 6) is 2.04. The zero-order chi connectivity index (χ0) is 19.5. The van der Waals surface area contributed by atoms with E-state index in [9.17, 15) is 4.79 Å². The summed E-state index contributed by atoms with van der Waals surface area (Å²) in [4.78, 5) is 34.0. The summed E-state index contributed by atoms with van der Waals surface area (Å²) >= 11 is 0. The van der Waals surface area contributed by atoms with Crippen LogP contribution in [0.15, 0.2) is 35.1 Å². The molecule has 0 unspecified atom stereocenters. The van der Waals surface area contributed by atoms with Crippen molar-refractivity contribution in [2.24, 2.45) is 0 Å². The highest BCUT2D eigenvalue weighted by Gasteiger charge is 2.24. The molecular weight excluding hydrogens is 360 g/mol. The first kappa shape index (κ1) is 17.8. The smallest absolute Gasteiger partial charge is 0.272 e. The molecule has 1 fully saturated rings. The molecule has 10 nitrogen and oxygen atoms in total. The Balaban J connectivity index is 1.45. The van der Waals surface area contributed by atoms with E-state index < -0.39 is 0 Å². The Hall–Kier alpha value is -3.56. The molecule has 1 aliphatic rings. The third kappa shape index (κ3) is 3.90. The first-order chi connectivity index (χ1) is 13.6. The summed E-state index contributed by atoms with van der Waals surface area (Å²) < 4.78 is 5.03. The minimum atomic E-state index is -0.126. The minimum absolute atomic E-state index is 0.126. The average Bonchev–Trinajstić information content (AvgIpc) is 3.12. The molecular formula is C18H20N8O2. The van der Waals surface area contributed by atoms with Gasteiger partial charge >= 0.3 is 0 Å². The van der Waals surface area contributed by atoms with Gasteiger partial charge in [0.15, 0.2) is 5.82 Å². The van der Waals surface area contributed by atoms with Crippen molar-refractivity contribution in [2.45, 2.75) is 13.8 Å². The molecule has 10 heteroatoms. The van der Waals surface area contributed by atoms with Gasteiger partial charge in [0.25, 0.3) is 5.91 Å². The van der Waals surface area contributed by atoms with Crippen molar-refractivity contribution in [3.05, 3.63) is 47.7 Å². The summed E-state index contributed by atoms with van der Waals surface area (Å²) in [5.41, 5.74) is 1.04. The highest BCUT2D eigenvalue weighted by molar-refractivity contribution is 5.93. The Morgan fingerprint density at radius 1 is 1.07 bits per heavy atom. The van der Waals surface area contributed by atoms with Gasteiger partial charge in [0.2, 0.25) is 11.9 Å². The lowest BCUT2D eigenvalue weighted by Crippen LogP contribution is -2.49. The van der Waals surface area contributed by atoms with E-state index in [1.54, 1.807) is 42.4 Å². The Bertz CT molecular complexity index is 967. The molecule has 1 N–H and O–H groups in total. The minimum Gasteiger partial charge on any atom is -0.360 e. The number of anilines is 3. The molecule has 0 spiro atoms. The number of rotatable bonds is 4. The predicted octanol–water partition coefficient (Wildman–Crippen LogP) is 1.58. The summed E-state index contributed by atoms with van der Waals surface area (Å²) in [6, 6.07) is 5.21.